The first kappa shape index (κ1) is 27.4. The molecule has 4 aromatic carbocycles. The Labute approximate surface area is 240 Å². The summed E-state index contributed by atoms with van der Waals surface area (Å²) in [6.45, 7) is 0.122. The Morgan fingerprint density at radius 3 is 2.55 bits per heavy atom. The predicted molar refractivity (Wildman–Crippen MR) is 161 cm³/mol. The van der Waals surface area contributed by atoms with E-state index in [1.54, 1.807) is 67.4 Å². The van der Waals surface area contributed by atoms with Crippen molar-refractivity contribution in [2.45, 2.75) is 4.90 Å². The molecule has 1 heterocycles. The zero-order chi connectivity index (χ0) is 27.9. The molecule has 1 fully saturated rings. The molecule has 0 aromatic heterocycles. The third-order valence-electron chi connectivity index (χ3n) is 6.07. The maximum Gasteiger partial charge on any atom is 0.294 e. The summed E-state index contributed by atoms with van der Waals surface area (Å²) >= 11 is 2.53. The van der Waals surface area contributed by atoms with E-state index in [4.69, 9.17) is 9.47 Å². The average molecular weight is 571 g/mol. The van der Waals surface area contributed by atoms with E-state index in [0.717, 1.165) is 22.4 Å². The van der Waals surface area contributed by atoms with Gasteiger partial charge in [0, 0.05) is 16.3 Å². The Morgan fingerprint density at radius 2 is 1.73 bits per heavy atom. The summed E-state index contributed by atoms with van der Waals surface area (Å²) in [5.74, 6) is 0.901. The quantitative estimate of drug-likeness (QED) is 0.129. The highest BCUT2D eigenvalue weighted by Gasteiger charge is 2.36. The zero-order valence-corrected chi connectivity index (χ0v) is 23.3. The van der Waals surface area contributed by atoms with E-state index in [1.165, 1.54) is 15.7 Å². The summed E-state index contributed by atoms with van der Waals surface area (Å²) in [5, 5.41) is 4.63. The number of amides is 3. The van der Waals surface area contributed by atoms with Crippen LogP contribution in [0.1, 0.15) is 5.56 Å². The van der Waals surface area contributed by atoms with Gasteiger partial charge in [0.1, 0.15) is 6.54 Å². The number of para-hydroxylation sites is 1. The minimum atomic E-state index is -0.511. The van der Waals surface area contributed by atoms with Crippen molar-refractivity contribution < 1.29 is 23.9 Å². The van der Waals surface area contributed by atoms with Gasteiger partial charge in [0.15, 0.2) is 11.5 Å². The van der Waals surface area contributed by atoms with Crippen molar-refractivity contribution in [3.05, 3.63) is 101 Å². The van der Waals surface area contributed by atoms with Crippen molar-refractivity contribution in [3.8, 4) is 11.5 Å². The van der Waals surface area contributed by atoms with Gasteiger partial charge in [0.05, 0.1) is 18.6 Å². The zero-order valence-electron chi connectivity index (χ0n) is 21.7. The molecule has 202 valence electrons. The number of nitrogens with one attached hydrogen (secondary N) is 1. The van der Waals surface area contributed by atoms with Gasteiger partial charge in [-0.1, -0.05) is 60.7 Å². The van der Waals surface area contributed by atoms with Gasteiger partial charge < -0.3 is 14.8 Å². The second-order valence-corrected chi connectivity index (χ2v) is 10.9. The second-order valence-electron chi connectivity index (χ2n) is 8.77. The number of carbonyl (C=O) groups excluding carboxylic acids is 3. The van der Waals surface area contributed by atoms with Crippen LogP contribution in [0.4, 0.5) is 10.5 Å². The normalized spacial score (nSPS) is 14.1. The number of nitrogens with zero attached hydrogens (tertiary/aromatic N) is 1. The maximum atomic E-state index is 12.9. The van der Waals surface area contributed by atoms with Gasteiger partial charge in [-0.15, -0.1) is 11.8 Å². The van der Waals surface area contributed by atoms with Gasteiger partial charge in [-0.05, 0) is 64.5 Å². The van der Waals surface area contributed by atoms with Crippen LogP contribution in [-0.2, 0) is 9.59 Å². The third-order valence-corrected chi connectivity index (χ3v) is 8.01. The summed E-state index contributed by atoms with van der Waals surface area (Å²) in [6.07, 6.45) is 1.61. The number of hydrogen-bond acceptors (Lipinski definition) is 7. The van der Waals surface area contributed by atoms with Crippen LogP contribution in [0.25, 0.3) is 16.8 Å². The van der Waals surface area contributed by atoms with Crippen LogP contribution in [0.3, 0.4) is 0 Å². The lowest BCUT2D eigenvalue weighted by atomic mass is 10.1. The van der Waals surface area contributed by atoms with Crippen LogP contribution in [-0.4, -0.2) is 48.0 Å². The molecule has 1 N–H and O–H groups in total. The third kappa shape index (κ3) is 6.50. The Balaban J connectivity index is 1.19. The molecule has 40 heavy (non-hydrogen) atoms. The summed E-state index contributed by atoms with van der Waals surface area (Å²) in [7, 11) is 1.55. The minimum Gasteiger partial charge on any atom is -0.493 e. The lowest BCUT2D eigenvalue weighted by molar-refractivity contribution is -0.127. The van der Waals surface area contributed by atoms with Crippen molar-refractivity contribution in [2.24, 2.45) is 0 Å². The second kappa shape index (κ2) is 12.8. The fraction of sp³-hybridized carbons (Fsp3) is 0.129. The van der Waals surface area contributed by atoms with Gasteiger partial charge in [0.25, 0.3) is 11.1 Å². The van der Waals surface area contributed by atoms with Crippen LogP contribution in [0.15, 0.2) is 101 Å². The molecule has 0 atom stereocenters. The molecule has 1 aliphatic rings. The van der Waals surface area contributed by atoms with E-state index in [1.807, 2.05) is 18.2 Å². The fourth-order valence-corrected chi connectivity index (χ4v) is 5.91. The number of fused-ring (bicyclic) bond motifs is 1. The number of anilines is 1. The molecule has 0 unspecified atom stereocenters. The van der Waals surface area contributed by atoms with Crippen molar-refractivity contribution in [3.63, 3.8) is 0 Å². The molecule has 1 aliphatic heterocycles. The summed E-state index contributed by atoms with van der Waals surface area (Å²) in [6, 6.07) is 28.8. The molecule has 0 spiro atoms. The first-order valence-corrected chi connectivity index (χ1v) is 14.3. The number of thioether (sulfide) groups is 2. The van der Waals surface area contributed by atoms with Crippen molar-refractivity contribution in [1.29, 1.82) is 0 Å². The fourth-order valence-electron chi connectivity index (χ4n) is 4.17. The van der Waals surface area contributed by atoms with E-state index in [0.29, 0.717) is 29.4 Å². The molecule has 0 saturated carbocycles. The van der Waals surface area contributed by atoms with Crippen LogP contribution >= 0.6 is 23.5 Å². The molecule has 7 nitrogen and oxygen atoms in total. The van der Waals surface area contributed by atoms with Crippen molar-refractivity contribution >= 4 is 63.1 Å². The molecule has 3 amide bonds. The number of rotatable bonds is 10. The molecule has 9 heteroatoms. The standard InChI is InChI=1S/C31H26N2O5S2/c1-37-26-18-21(14-15-25(26)38-16-17-39-27-13-7-9-22-8-5-6-12-24(22)27)19-28-30(35)33(31(36)40-28)20-29(34)32-23-10-3-2-4-11-23/h2-15,18-19H,16-17,20H2,1H3,(H,32,34)/b28-19-. The molecular weight excluding hydrogens is 544 g/mol. The van der Waals surface area contributed by atoms with E-state index in [-0.39, 0.29) is 11.4 Å². The van der Waals surface area contributed by atoms with Crippen molar-refractivity contribution in [1.82, 2.24) is 4.90 Å². The van der Waals surface area contributed by atoms with E-state index < -0.39 is 17.1 Å². The van der Waals surface area contributed by atoms with Crippen LogP contribution < -0.4 is 14.8 Å². The number of imide groups is 1. The molecular formula is C31H26N2O5S2. The Hall–Kier alpha value is -4.21. The van der Waals surface area contributed by atoms with Crippen LogP contribution in [0, 0.1) is 0 Å². The molecule has 0 radical (unpaired) electrons. The lowest BCUT2D eigenvalue weighted by Crippen LogP contribution is -2.36. The number of benzene rings is 4. The van der Waals surface area contributed by atoms with Gasteiger partial charge in [-0.2, -0.15) is 0 Å². The molecule has 0 bridgehead atoms. The Morgan fingerprint density at radius 1 is 0.950 bits per heavy atom. The summed E-state index contributed by atoms with van der Waals surface area (Å²) in [5.41, 5.74) is 1.27. The molecule has 4 aromatic rings. The topological polar surface area (TPSA) is 84.9 Å². The minimum absolute atomic E-state index is 0.236. The van der Waals surface area contributed by atoms with Crippen LogP contribution in [0.2, 0.25) is 0 Å². The number of carbonyl (C=O) groups is 3. The number of ether oxygens (including phenoxy) is 2. The Bertz CT molecular complexity index is 1580. The first-order chi connectivity index (χ1) is 19.5. The first-order valence-electron chi connectivity index (χ1n) is 12.5. The average Bonchev–Trinajstić information content (AvgIpc) is 3.23. The van der Waals surface area contributed by atoms with Gasteiger partial charge in [-0.3, -0.25) is 19.3 Å². The SMILES string of the molecule is COc1cc(/C=C2\SC(=O)N(CC(=O)Nc3ccccc3)C2=O)ccc1OCCSc1cccc2ccccc12. The highest BCUT2D eigenvalue weighted by atomic mass is 32.2. The molecule has 5 rings (SSSR count). The highest BCUT2D eigenvalue weighted by molar-refractivity contribution is 8.18. The number of hydrogen-bond donors (Lipinski definition) is 1. The van der Waals surface area contributed by atoms with E-state index in [9.17, 15) is 14.4 Å². The summed E-state index contributed by atoms with van der Waals surface area (Å²) in [4.78, 5) is 40.1. The van der Waals surface area contributed by atoms with Crippen LogP contribution in [0.5, 0.6) is 11.5 Å². The smallest absolute Gasteiger partial charge is 0.294 e. The number of methoxy groups -OCH3 is 1. The summed E-state index contributed by atoms with van der Waals surface area (Å²) < 4.78 is 11.5. The highest BCUT2D eigenvalue weighted by Crippen LogP contribution is 2.35. The largest absolute Gasteiger partial charge is 0.493 e. The van der Waals surface area contributed by atoms with E-state index in [2.05, 4.69) is 35.6 Å². The van der Waals surface area contributed by atoms with E-state index >= 15 is 0 Å². The monoisotopic (exact) mass is 570 g/mol. The Kier molecular flexibility index (Phi) is 8.73. The molecule has 1 saturated heterocycles. The van der Waals surface area contributed by atoms with Gasteiger partial charge in [0.2, 0.25) is 5.91 Å². The predicted octanol–water partition coefficient (Wildman–Crippen LogP) is 6.69. The maximum absolute atomic E-state index is 12.9. The van der Waals surface area contributed by atoms with Gasteiger partial charge in [-0.25, -0.2) is 0 Å². The molecule has 0 aliphatic carbocycles. The lowest BCUT2D eigenvalue weighted by Gasteiger charge is -2.13. The van der Waals surface area contributed by atoms with Crippen molar-refractivity contribution in [2.75, 3.05) is 31.3 Å². The van der Waals surface area contributed by atoms with Gasteiger partial charge >= 0.3 is 0 Å².